The van der Waals surface area contributed by atoms with Gasteiger partial charge in [-0.15, -0.1) is 0 Å². The molecule has 0 saturated carbocycles. The first-order chi connectivity index (χ1) is 14.4. The van der Waals surface area contributed by atoms with E-state index >= 15 is 0 Å². The van der Waals surface area contributed by atoms with Crippen LogP contribution in [0.5, 0.6) is 0 Å². The largest absolute Gasteiger partial charge is 0.495 e. The molecule has 0 spiro atoms. The van der Waals surface area contributed by atoms with Crippen molar-refractivity contribution in [3.8, 4) is 11.1 Å². The minimum atomic E-state index is -1.13. The normalized spacial score (nSPS) is 20.9. The maximum atomic E-state index is 12.4. The van der Waals surface area contributed by atoms with Crippen LogP contribution in [-0.4, -0.2) is 47.6 Å². The van der Waals surface area contributed by atoms with Gasteiger partial charge in [0.1, 0.15) is 18.7 Å². The van der Waals surface area contributed by atoms with E-state index in [4.69, 9.17) is 4.74 Å². The summed E-state index contributed by atoms with van der Waals surface area (Å²) in [5, 5.41) is 14.5. The zero-order valence-electron chi connectivity index (χ0n) is 16.3. The summed E-state index contributed by atoms with van der Waals surface area (Å²) < 4.78 is 5.42. The number of ether oxygens (including phenoxy) is 1. The minimum absolute atomic E-state index is 0.0947. The summed E-state index contributed by atoms with van der Waals surface area (Å²) in [7, 11) is 0. The van der Waals surface area contributed by atoms with Crippen molar-refractivity contribution in [1.82, 2.24) is 10.6 Å². The highest BCUT2D eigenvalue weighted by molar-refractivity contribution is 6.00. The molecule has 1 aliphatic carbocycles. The van der Waals surface area contributed by atoms with Crippen LogP contribution in [0.4, 0.5) is 4.79 Å². The summed E-state index contributed by atoms with van der Waals surface area (Å²) in [6.07, 6.45) is -1.17. The standard InChI is InChI=1S/C22H21N3O5/c1-12-20(27)25-19(26)10-18(21(28)23-12)24-22(29)30-11-17-15-8-4-2-6-13(15)14-7-3-5-9-16(14)17/h2-9,12,17-18H,10-11H2,1H3,(H,23,28)(H,24,29)(H,25,26,27)/t12-,18-/m0/s1. The molecule has 30 heavy (non-hydrogen) atoms. The van der Waals surface area contributed by atoms with Crippen molar-refractivity contribution in [3.63, 3.8) is 0 Å². The molecule has 2 aliphatic rings. The van der Waals surface area contributed by atoms with Gasteiger partial charge in [-0.25, -0.2) is 4.79 Å². The number of benzene rings is 2. The third-order valence-corrected chi connectivity index (χ3v) is 5.32. The van der Waals surface area contributed by atoms with Gasteiger partial charge in [-0.3, -0.25) is 9.59 Å². The van der Waals surface area contributed by atoms with E-state index in [-0.39, 0.29) is 18.9 Å². The van der Waals surface area contributed by atoms with Crippen LogP contribution in [0.2, 0.25) is 0 Å². The Morgan fingerprint density at radius 2 is 1.73 bits per heavy atom. The fourth-order valence-corrected chi connectivity index (χ4v) is 3.81. The Morgan fingerprint density at radius 1 is 1.13 bits per heavy atom. The molecule has 0 saturated heterocycles. The van der Waals surface area contributed by atoms with Gasteiger partial charge in [0, 0.05) is 5.92 Å². The fraction of sp³-hybridized carbons (Fsp3) is 0.273. The van der Waals surface area contributed by atoms with E-state index in [2.05, 4.69) is 15.6 Å². The highest BCUT2D eigenvalue weighted by atomic mass is 16.5. The number of carbonyl (C=O) groups excluding carboxylic acids is 3. The summed E-state index contributed by atoms with van der Waals surface area (Å²) in [6, 6.07) is 14.0. The summed E-state index contributed by atoms with van der Waals surface area (Å²) >= 11 is 0. The molecule has 3 N–H and O–H groups in total. The number of hydrogen-bond donors (Lipinski definition) is 3. The maximum absolute atomic E-state index is 12.4. The lowest BCUT2D eigenvalue weighted by Gasteiger charge is -2.22. The van der Waals surface area contributed by atoms with E-state index in [9.17, 15) is 19.5 Å². The second-order valence-corrected chi connectivity index (χ2v) is 7.32. The van der Waals surface area contributed by atoms with Gasteiger partial charge in [-0.1, -0.05) is 48.5 Å². The molecule has 8 nitrogen and oxygen atoms in total. The first-order valence-electron chi connectivity index (χ1n) is 9.66. The summed E-state index contributed by atoms with van der Waals surface area (Å²) in [5.74, 6) is -1.87. The predicted molar refractivity (Wildman–Crippen MR) is 109 cm³/mol. The number of amides is 3. The zero-order chi connectivity index (χ0) is 21.3. The van der Waals surface area contributed by atoms with Crippen LogP contribution >= 0.6 is 0 Å². The summed E-state index contributed by atoms with van der Waals surface area (Å²) in [6.45, 7) is 1.58. The molecule has 0 unspecified atom stereocenters. The number of carbonyl (C=O) groups is 3. The molecule has 2 aromatic rings. The van der Waals surface area contributed by atoms with Crippen molar-refractivity contribution in [2.24, 2.45) is 4.99 Å². The Morgan fingerprint density at radius 3 is 2.37 bits per heavy atom. The maximum Gasteiger partial charge on any atom is 0.407 e. The summed E-state index contributed by atoms with van der Waals surface area (Å²) in [4.78, 5) is 40.0. The molecular weight excluding hydrogens is 386 g/mol. The molecule has 154 valence electrons. The molecule has 8 heteroatoms. The van der Waals surface area contributed by atoms with Crippen LogP contribution < -0.4 is 10.6 Å². The van der Waals surface area contributed by atoms with Crippen LogP contribution in [0.1, 0.15) is 30.4 Å². The molecule has 3 amide bonds. The lowest BCUT2D eigenvalue weighted by molar-refractivity contribution is -0.127. The van der Waals surface area contributed by atoms with Gasteiger partial charge in [-0.2, -0.15) is 4.99 Å². The Balaban J connectivity index is 1.44. The minimum Gasteiger partial charge on any atom is -0.495 e. The molecule has 2 aromatic carbocycles. The second-order valence-electron chi connectivity index (χ2n) is 7.32. The van der Waals surface area contributed by atoms with E-state index in [1.54, 1.807) is 0 Å². The number of hydrogen-bond acceptors (Lipinski definition) is 4. The third-order valence-electron chi connectivity index (χ3n) is 5.32. The van der Waals surface area contributed by atoms with Crippen molar-refractivity contribution >= 4 is 23.8 Å². The van der Waals surface area contributed by atoms with Gasteiger partial charge in [0.25, 0.3) is 5.91 Å². The van der Waals surface area contributed by atoms with Gasteiger partial charge in [-0.05, 0) is 29.2 Å². The van der Waals surface area contributed by atoms with E-state index in [0.717, 1.165) is 22.3 Å². The second kappa shape index (κ2) is 7.98. The average Bonchev–Trinajstić information content (AvgIpc) is 3.05. The van der Waals surface area contributed by atoms with Crippen molar-refractivity contribution in [2.45, 2.75) is 31.3 Å². The zero-order valence-corrected chi connectivity index (χ0v) is 16.3. The lowest BCUT2D eigenvalue weighted by Crippen LogP contribution is -2.53. The molecule has 2 atom stereocenters. The molecule has 0 aromatic heterocycles. The lowest BCUT2D eigenvalue weighted by atomic mass is 9.98. The number of nitrogens with one attached hydrogen (secondary N) is 2. The third kappa shape index (κ3) is 3.76. The van der Waals surface area contributed by atoms with E-state index in [1.807, 2.05) is 48.5 Å². The first kappa shape index (κ1) is 19.6. The first-order valence-corrected chi connectivity index (χ1v) is 9.66. The molecule has 1 heterocycles. The number of aliphatic imine (C=N–C) groups is 1. The van der Waals surface area contributed by atoms with Crippen molar-refractivity contribution in [1.29, 1.82) is 0 Å². The summed E-state index contributed by atoms with van der Waals surface area (Å²) in [5.41, 5.74) is 4.37. The van der Waals surface area contributed by atoms with Gasteiger partial charge < -0.3 is 20.5 Å². The van der Waals surface area contributed by atoms with E-state index in [1.165, 1.54) is 6.92 Å². The van der Waals surface area contributed by atoms with E-state index < -0.39 is 35.9 Å². The van der Waals surface area contributed by atoms with Crippen LogP contribution in [0, 0.1) is 0 Å². The average molecular weight is 407 g/mol. The van der Waals surface area contributed by atoms with Gasteiger partial charge in [0.15, 0.2) is 0 Å². The molecule has 0 fully saturated rings. The Bertz CT molecular complexity index is 1000. The fourth-order valence-electron chi connectivity index (χ4n) is 3.81. The molecule has 0 radical (unpaired) electrons. The van der Waals surface area contributed by atoms with Crippen molar-refractivity contribution < 1.29 is 24.2 Å². The van der Waals surface area contributed by atoms with Crippen LogP contribution in [-0.2, 0) is 14.3 Å². The number of aliphatic hydroxyl groups is 1. The van der Waals surface area contributed by atoms with E-state index in [0.29, 0.717) is 0 Å². The molecule has 0 bridgehead atoms. The van der Waals surface area contributed by atoms with Crippen LogP contribution in [0.3, 0.4) is 0 Å². The number of nitrogens with zero attached hydrogens (tertiary/aromatic N) is 1. The SMILES string of the molecule is C[C@@H]1NC(=O)[C@@H](NC(=O)OCC2c3ccccc3-c3ccccc32)CC(=O)N=C1O. The monoisotopic (exact) mass is 407 g/mol. The number of aliphatic hydroxyl groups excluding tert-OH is 1. The Kier molecular flexibility index (Phi) is 5.22. The quantitative estimate of drug-likeness (QED) is 0.722. The topological polar surface area (TPSA) is 117 Å². The van der Waals surface area contributed by atoms with Gasteiger partial charge in [0.05, 0.1) is 6.42 Å². The van der Waals surface area contributed by atoms with Crippen molar-refractivity contribution in [2.75, 3.05) is 6.61 Å². The van der Waals surface area contributed by atoms with Crippen LogP contribution in [0.25, 0.3) is 11.1 Å². The van der Waals surface area contributed by atoms with Gasteiger partial charge in [0.2, 0.25) is 11.8 Å². The predicted octanol–water partition coefficient (Wildman–Crippen LogP) is 2.29. The van der Waals surface area contributed by atoms with Crippen molar-refractivity contribution in [3.05, 3.63) is 59.7 Å². The highest BCUT2D eigenvalue weighted by Gasteiger charge is 2.31. The molecule has 1 aliphatic heterocycles. The Hall–Kier alpha value is -3.68. The number of alkyl carbamates (subject to hydrolysis) is 1. The molecule has 4 rings (SSSR count). The van der Waals surface area contributed by atoms with Gasteiger partial charge >= 0.3 is 6.09 Å². The number of rotatable bonds is 3. The van der Waals surface area contributed by atoms with Crippen LogP contribution in [0.15, 0.2) is 53.5 Å². The number of fused-ring (bicyclic) bond motifs is 3. The highest BCUT2D eigenvalue weighted by Crippen LogP contribution is 2.44. The Labute approximate surface area is 173 Å². The smallest absolute Gasteiger partial charge is 0.407 e. The molecular formula is C22H21N3O5.